The molecule has 0 spiro atoms. The monoisotopic (exact) mass is 355 g/mol. The third-order valence-electron chi connectivity index (χ3n) is 4.06. The van der Waals surface area contributed by atoms with Crippen molar-refractivity contribution >= 4 is 17.8 Å². The van der Waals surface area contributed by atoms with Gasteiger partial charge in [0.05, 0.1) is 13.3 Å². The summed E-state index contributed by atoms with van der Waals surface area (Å²) in [6, 6.07) is 10.7. The Morgan fingerprint density at radius 3 is 2.73 bits per heavy atom. The summed E-state index contributed by atoms with van der Waals surface area (Å²) in [5, 5.41) is 17.2. The van der Waals surface area contributed by atoms with Crippen LogP contribution in [0.1, 0.15) is 30.0 Å². The summed E-state index contributed by atoms with van der Waals surface area (Å²) in [4.78, 5) is 12.4. The maximum atomic E-state index is 12.4. The Morgan fingerprint density at radius 2 is 2.08 bits per heavy atom. The van der Waals surface area contributed by atoms with Gasteiger partial charge in [0.15, 0.2) is 11.5 Å². The molecule has 2 rings (SSSR count). The third kappa shape index (κ3) is 4.75. The Labute approximate surface area is 153 Å². The van der Waals surface area contributed by atoms with Crippen LogP contribution in [0, 0.1) is 13.8 Å². The SMILES string of the molecule is CC[C@@H](Nc1ccc(C)cc1C)C(=O)N/N=C/c1cccc(OC)c1O. The van der Waals surface area contributed by atoms with Crippen molar-refractivity contribution in [3.63, 3.8) is 0 Å². The highest BCUT2D eigenvalue weighted by atomic mass is 16.5. The van der Waals surface area contributed by atoms with Crippen molar-refractivity contribution < 1.29 is 14.6 Å². The summed E-state index contributed by atoms with van der Waals surface area (Å²) in [6.07, 6.45) is 2.00. The van der Waals surface area contributed by atoms with Crippen LogP contribution in [0.15, 0.2) is 41.5 Å². The number of aromatic hydroxyl groups is 1. The van der Waals surface area contributed by atoms with Crippen LogP contribution in [-0.2, 0) is 4.79 Å². The molecule has 0 aliphatic rings. The van der Waals surface area contributed by atoms with E-state index < -0.39 is 6.04 Å². The van der Waals surface area contributed by atoms with Gasteiger partial charge in [-0.2, -0.15) is 5.10 Å². The molecule has 1 atom stereocenters. The van der Waals surface area contributed by atoms with Gasteiger partial charge in [0.25, 0.3) is 5.91 Å². The lowest BCUT2D eigenvalue weighted by molar-refractivity contribution is -0.121. The van der Waals surface area contributed by atoms with Gasteiger partial charge in [0, 0.05) is 11.3 Å². The lowest BCUT2D eigenvalue weighted by Crippen LogP contribution is -2.37. The number of hydrogen-bond donors (Lipinski definition) is 3. The Kier molecular flexibility index (Phi) is 6.60. The van der Waals surface area contributed by atoms with Crippen LogP contribution in [0.5, 0.6) is 11.5 Å². The molecule has 0 saturated carbocycles. The summed E-state index contributed by atoms with van der Waals surface area (Å²) < 4.78 is 5.05. The highest BCUT2D eigenvalue weighted by Crippen LogP contribution is 2.27. The fraction of sp³-hybridized carbons (Fsp3) is 0.300. The van der Waals surface area contributed by atoms with E-state index in [1.54, 1.807) is 18.2 Å². The van der Waals surface area contributed by atoms with E-state index >= 15 is 0 Å². The topological polar surface area (TPSA) is 83.0 Å². The van der Waals surface area contributed by atoms with Gasteiger partial charge in [-0.15, -0.1) is 0 Å². The quantitative estimate of drug-likeness (QED) is 0.525. The van der Waals surface area contributed by atoms with Crippen molar-refractivity contribution in [3.8, 4) is 11.5 Å². The molecule has 0 heterocycles. The zero-order valence-electron chi connectivity index (χ0n) is 15.5. The molecular formula is C20H25N3O3. The molecule has 2 aromatic carbocycles. The van der Waals surface area contributed by atoms with Gasteiger partial charge in [-0.1, -0.05) is 30.7 Å². The molecule has 6 nitrogen and oxygen atoms in total. The predicted molar refractivity (Wildman–Crippen MR) is 104 cm³/mol. The van der Waals surface area contributed by atoms with Gasteiger partial charge < -0.3 is 15.2 Å². The number of para-hydroxylation sites is 1. The first-order valence-corrected chi connectivity index (χ1v) is 8.49. The second-order valence-electron chi connectivity index (χ2n) is 6.06. The number of carbonyl (C=O) groups is 1. The van der Waals surface area contributed by atoms with Crippen LogP contribution in [0.2, 0.25) is 0 Å². The van der Waals surface area contributed by atoms with Crippen LogP contribution >= 0.6 is 0 Å². The molecule has 1 amide bonds. The molecule has 0 bridgehead atoms. The average Bonchev–Trinajstić information content (AvgIpc) is 2.62. The Bertz CT molecular complexity index is 803. The van der Waals surface area contributed by atoms with Gasteiger partial charge in [-0.25, -0.2) is 5.43 Å². The molecular weight excluding hydrogens is 330 g/mol. The van der Waals surface area contributed by atoms with E-state index in [9.17, 15) is 9.90 Å². The molecule has 0 unspecified atom stereocenters. The minimum Gasteiger partial charge on any atom is -0.504 e. The van der Waals surface area contributed by atoms with Crippen molar-refractivity contribution in [3.05, 3.63) is 53.1 Å². The predicted octanol–water partition coefficient (Wildman–Crippen LogP) is 3.36. The van der Waals surface area contributed by atoms with Crippen LogP contribution in [-0.4, -0.2) is 30.4 Å². The normalized spacial score (nSPS) is 12.0. The lowest BCUT2D eigenvalue weighted by atomic mass is 10.1. The van der Waals surface area contributed by atoms with Gasteiger partial charge >= 0.3 is 0 Å². The summed E-state index contributed by atoms with van der Waals surface area (Å²) in [7, 11) is 1.47. The first kappa shape index (κ1) is 19.3. The number of benzene rings is 2. The molecule has 0 aromatic heterocycles. The molecule has 0 aliphatic carbocycles. The molecule has 0 fully saturated rings. The smallest absolute Gasteiger partial charge is 0.262 e. The second-order valence-corrected chi connectivity index (χ2v) is 6.06. The van der Waals surface area contributed by atoms with Crippen LogP contribution < -0.4 is 15.5 Å². The number of anilines is 1. The molecule has 138 valence electrons. The highest BCUT2D eigenvalue weighted by molar-refractivity contribution is 5.88. The van der Waals surface area contributed by atoms with Gasteiger partial charge in [-0.3, -0.25) is 4.79 Å². The second kappa shape index (κ2) is 8.89. The van der Waals surface area contributed by atoms with Crippen molar-refractivity contribution in [2.24, 2.45) is 5.10 Å². The highest BCUT2D eigenvalue weighted by Gasteiger charge is 2.16. The maximum absolute atomic E-state index is 12.4. The van der Waals surface area contributed by atoms with Gasteiger partial charge in [0.2, 0.25) is 0 Å². The summed E-state index contributed by atoms with van der Waals surface area (Å²) in [5.74, 6) is 0.0859. The van der Waals surface area contributed by atoms with Crippen molar-refractivity contribution in [2.75, 3.05) is 12.4 Å². The number of carbonyl (C=O) groups excluding carboxylic acids is 1. The van der Waals surface area contributed by atoms with Gasteiger partial charge in [-0.05, 0) is 44.0 Å². The number of rotatable bonds is 7. The molecule has 0 saturated heterocycles. The van der Waals surface area contributed by atoms with Crippen LogP contribution in [0.4, 0.5) is 5.69 Å². The zero-order valence-corrected chi connectivity index (χ0v) is 15.5. The van der Waals surface area contributed by atoms with E-state index in [0.717, 1.165) is 11.3 Å². The average molecular weight is 355 g/mol. The Balaban J connectivity index is 2.03. The third-order valence-corrected chi connectivity index (χ3v) is 4.06. The van der Waals surface area contributed by atoms with Crippen molar-refractivity contribution in [2.45, 2.75) is 33.2 Å². The molecule has 0 aliphatic heterocycles. The number of amides is 1. The molecule has 26 heavy (non-hydrogen) atoms. The summed E-state index contributed by atoms with van der Waals surface area (Å²) in [5.41, 5.74) is 6.15. The summed E-state index contributed by atoms with van der Waals surface area (Å²) >= 11 is 0. The maximum Gasteiger partial charge on any atom is 0.262 e. The largest absolute Gasteiger partial charge is 0.504 e. The van der Waals surface area contributed by atoms with E-state index in [-0.39, 0.29) is 11.7 Å². The van der Waals surface area contributed by atoms with Crippen molar-refractivity contribution in [1.29, 1.82) is 0 Å². The standard InChI is InChI=1S/C20H25N3O3/c1-5-16(22-17-10-9-13(2)11-14(17)3)20(25)23-21-12-15-7-6-8-18(26-4)19(15)24/h6-12,16,22,24H,5H2,1-4H3,(H,23,25)/b21-12+/t16-/m1/s1. The first-order chi connectivity index (χ1) is 12.5. The van der Waals surface area contributed by atoms with E-state index in [1.165, 1.54) is 18.9 Å². The fourth-order valence-electron chi connectivity index (χ4n) is 2.57. The minimum absolute atomic E-state index is 0.0200. The first-order valence-electron chi connectivity index (χ1n) is 8.49. The number of methoxy groups -OCH3 is 1. The van der Waals surface area contributed by atoms with Crippen LogP contribution in [0.25, 0.3) is 0 Å². The number of phenols is 1. The number of nitrogens with zero attached hydrogens (tertiary/aromatic N) is 1. The van der Waals surface area contributed by atoms with E-state index in [1.807, 2.05) is 32.9 Å². The number of hydrazone groups is 1. The fourth-order valence-corrected chi connectivity index (χ4v) is 2.57. The van der Waals surface area contributed by atoms with Crippen LogP contribution in [0.3, 0.4) is 0 Å². The van der Waals surface area contributed by atoms with E-state index in [4.69, 9.17) is 4.74 Å². The zero-order chi connectivity index (χ0) is 19.1. The number of nitrogens with one attached hydrogen (secondary N) is 2. The van der Waals surface area contributed by atoms with E-state index in [0.29, 0.717) is 17.7 Å². The van der Waals surface area contributed by atoms with Crippen molar-refractivity contribution in [1.82, 2.24) is 5.43 Å². The Morgan fingerprint density at radius 1 is 1.31 bits per heavy atom. The molecule has 0 radical (unpaired) electrons. The minimum atomic E-state index is -0.410. The van der Waals surface area contributed by atoms with Gasteiger partial charge in [0.1, 0.15) is 6.04 Å². The molecule has 6 heteroatoms. The van der Waals surface area contributed by atoms with E-state index in [2.05, 4.69) is 21.9 Å². The number of aryl methyl sites for hydroxylation is 2. The number of phenolic OH excluding ortho intramolecular Hbond substituents is 1. The number of hydrogen-bond acceptors (Lipinski definition) is 5. The summed E-state index contributed by atoms with van der Waals surface area (Å²) in [6.45, 7) is 5.96. The number of ether oxygens (including phenoxy) is 1. The molecule has 2 aromatic rings. The lowest BCUT2D eigenvalue weighted by Gasteiger charge is -2.18. The Hall–Kier alpha value is -3.02. The molecule has 3 N–H and O–H groups in total.